The van der Waals surface area contributed by atoms with Crippen LogP contribution in [-0.2, 0) is 9.53 Å². The summed E-state index contributed by atoms with van der Waals surface area (Å²) in [5.41, 5.74) is 0.823. The molecule has 0 saturated carbocycles. The van der Waals surface area contributed by atoms with Crippen molar-refractivity contribution >= 4 is 17.5 Å². The van der Waals surface area contributed by atoms with Gasteiger partial charge < -0.3 is 29.2 Å². The maximum Gasteiger partial charge on any atom is 0.260 e. The second-order valence-electron chi connectivity index (χ2n) is 7.48. The molecule has 9 heteroatoms. The summed E-state index contributed by atoms with van der Waals surface area (Å²) >= 11 is 0. The molecule has 1 saturated heterocycles. The molecule has 0 aliphatic carbocycles. The lowest BCUT2D eigenvalue weighted by Crippen LogP contribution is -2.38. The molecule has 1 aromatic heterocycles. The monoisotopic (exact) mass is 457 g/mol. The molecule has 0 bridgehead atoms. The number of rotatable bonds is 11. The molecule has 0 radical (unpaired) electrons. The third kappa shape index (κ3) is 7.08. The van der Waals surface area contributed by atoms with E-state index in [1.54, 1.807) is 43.6 Å². The average Bonchev–Trinajstić information content (AvgIpc) is 2.85. The van der Waals surface area contributed by atoms with Gasteiger partial charge in [0.2, 0.25) is 5.88 Å². The molecule has 2 aromatic rings. The number of amides is 2. The number of benzene rings is 1. The molecular weight excluding hydrogens is 426 g/mol. The normalized spacial score (nSPS) is 13.3. The number of ether oxygens (including phenoxy) is 4. The number of anilines is 1. The van der Waals surface area contributed by atoms with Crippen molar-refractivity contribution in [3.63, 3.8) is 0 Å². The van der Waals surface area contributed by atoms with Gasteiger partial charge in [0.05, 0.1) is 13.2 Å². The SMILES string of the molecule is CCOc1cc(C(=O)Nc2cccnc2OCCOC)ccc1OCC(=O)N1CCCCC1. The smallest absolute Gasteiger partial charge is 0.260 e. The number of hydrogen-bond donors (Lipinski definition) is 1. The van der Waals surface area contributed by atoms with Gasteiger partial charge in [-0.2, -0.15) is 0 Å². The van der Waals surface area contributed by atoms with Crippen LogP contribution in [-0.4, -0.2) is 68.3 Å². The van der Waals surface area contributed by atoms with E-state index in [9.17, 15) is 9.59 Å². The number of carbonyl (C=O) groups excluding carboxylic acids is 2. The van der Waals surface area contributed by atoms with Crippen molar-refractivity contribution in [2.75, 3.05) is 51.9 Å². The number of pyridine rings is 1. The molecule has 1 aromatic carbocycles. The maximum absolute atomic E-state index is 12.9. The first-order valence-corrected chi connectivity index (χ1v) is 11.2. The second-order valence-corrected chi connectivity index (χ2v) is 7.48. The Bertz CT molecular complexity index is 930. The van der Waals surface area contributed by atoms with E-state index in [-0.39, 0.29) is 18.4 Å². The van der Waals surface area contributed by atoms with Gasteiger partial charge in [-0.25, -0.2) is 4.98 Å². The lowest BCUT2D eigenvalue weighted by atomic mass is 10.1. The number of nitrogens with one attached hydrogen (secondary N) is 1. The van der Waals surface area contributed by atoms with Gasteiger partial charge in [0, 0.05) is 32.0 Å². The lowest BCUT2D eigenvalue weighted by Gasteiger charge is -2.26. The molecular formula is C24H31N3O6. The Morgan fingerprint density at radius 2 is 1.85 bits per heavy atom. The number of piperidine rings is 1. The van der Waals surface area contributed by atoms with Gasteiger partial charge in [-0.1, -0.05) is 0 Å². The van der Waals surface area contributed by atoms with Gasteiger partial charge >= 0.3 is 0 Å². The molecule has 9 nitrogen and oxygen atoms in total. The number of aromatic nitrogens is 1. The highest BCUT2D eigenvalue weighted by atomic mass is 16.5. The molecule has 1 aliphatic heterocycles. The van der Waals surface area contributed by atoms with E-state index in [1.807, 2.05) is 11.8 Å². The van der Waals surface area contributed by atoms with Crippen LogP contribution in [0.2, 0.25) is 0 Å². The summed E-state index contributed by atoms with van der Waals surface area (Å²) in [6.45, 7) is 4.42. The predicted octanol–water partition coefficient (Wildman–Crippen LogP) is 3.15. The maximum atomic E-state index is 12.9. The quantitative estimate of drug-likeness (QED) is 0.518. The van der Waals surface area contributed by atoms with E-state index in [1.165, 1.54) is 0 Å². The van der Waals surface area contributed by atoms with Crippen LogP contribution >= 0.6 is 0 Å². The van der Waals surface area contributed by atoms with Crippen LogP contribution in [0.4, 0.5) is 5.69 Å². The van der Waals surface area contributed by atoms with Crippen molar-refractivity contribution in [3.05, 3.63) is 42.1 Å². The van der Waals surface area contributed by atoms with Gasteiger partial charge in [0.1, 0.15) is 12.3 Å². The van der Waals surface area contributed by atoms with Crippen LogP contribution in [0.3, 0.4) is 0 Å². The van der Waals surface area contributed by atoms with E-state index in [4.69, 9.17) is 18.9 Å². The van der Waals surface area contributed by atoms with Crippen LogP contribution in [0.5, 0.6) is 17.4 Å². The van der Waals surface area contributed by atoms with Gasteiger partial charge in [0.15, 0.2) is 18.1 Å². The van der Waals surface area contributed by atoms with Crippen molar-refractivity contribution in [1.82, 2.24) is 9.88 Å². The summed E-state index contributed by atoms with van der Waals surface area (Å²) in [5, 5.41) is 2.81. The van der Waals surface area contributed by atoms with E-state index in [0.717, 1.165) is 32.4 Å². The van der Waals surface area contributed by atoms with E-state index < -0.39 is 0 Å². The van der Waals surface area contributed by atoms with Gasteiger partial charge in [-0.15, -0.1) is 0 Å². The number of carbonyl (C=O) groups is 2. The number of hydrogen-bond acceptors (Lipinski definition) is 7. The molecule has 178 valence electrons. The third-order valence-corrected chi connectivity index (χ3v) is 5.11. The zero-order chi connectivity index (χ0) is 23.5. The molecule has 1 N–H and O–H groups in total. The molecule has 3 rings (SSSR count). The standard InChI is InChI=1S/C24H31N3O6/c1-3-31-21-16-18(9-10-20(21)33-17-22(28)27-12-5-4-6-13-27)23(29)26-19-8-7-11-25-24(19)32-15-14-30-2/h7-11,16H,3-6,12-15,17H2,1-2H3,(H,26,29). The Morgan fingerprint density at radius 3 is 2.61 bits per heavy atom. The largest absolute Gasteiger partial charge is 0.490 e. The first-order chi connectivity index (χ1) is 16.1. The highest BCUT2D eigenvalue weighted by Crippen LogP contribution is 2.30. The topological polar surface area (TPSA) is 99.2 Å². The van der Waals surface area contributed by atoms with E-state index >= 15 is 0 Å². The van der Waals surface area contributed by atoms with E-state index in [2.05, 4.69) is 10.3 Å². The first kappa shape index (κ1) is 24.3. The van der Waals surface area contributed by atoms with Crippen molar-refractivity contribution in [2.24, 2.45) is 0 Å². The second kappa shape index (κ2) is 12.6. The molecule has 0 atom stereocenters. The van der Waals surface area contributed by atoms with Gasteiger partial charge in [-0.3, -0.25) is 9.59 Å². The van der Waals surface area contributed by atoms with Crippen LogP contribution in [0.1, 0.15) is 36.5 Å². The molecule has 33 heavy (non-hydrogen) atoms. The summed E-state index contributed by atoms with van der Waals surface area (Å²) in [4.78, 5) is 31.3. The zero-order valence-electron chi connectivity index (χ0n) is 19.2. The minimum absolute atomic E-state index is 0.0449. The van der Waals surface area contributed by atoms with Crippen molar-refractivity contribution in [3.8, 4) is 17.4 Å². The average molecular weight is 458 g/mol. The van der Waals surface area contributed by atoms with E-state index in [0.29, 0.717) is 48.5 Å². The fourth-order valence-electron chi connectivity index (χ4n) is 3.43. The zero-order valence-corrected chi connectivity index (χ0v) is 19.2. The minimum Gasteiger partial charge on any atom is -0.490 e. The lowest BCUT2D eigenvalue weighted by molar-refractivity contribution is -0.134. The predicted molar refractivity (Wildman–Crippen MR) is 123 cm³/mol. The third-order valence-electron chi connectivity index (χ3n) is 5.11. The Kier molecular flexibility index (Phi) is 9.31. The molecule has 2 amide bonds. The number of likely N-dealkylation sites (tertiary alicyclic amines) is 1. The highest BCUT2D eigenvalue weighted by Gasteiger charge is 2.19. The van der Waals surface area contributed by atoms with Crippen molar-refractivity contribution < 1.29 is 28.5 Å². The molecule has 1 fully saturated rings. The summed E-state index contributed by atoms with van der Waals surface area (Å²) < 4.78 is 22.0. The number of nitrogens with zero attached hydrogens (tertiary/aromatic N) is 2. The summed E-state index contributed by atoms with van der Waals surface area (Å²) in [6.07, 6.45) is 4.79. The fraction of sp³-hybridized carbons (Fsp3) is 0.458. The highest BCUT2D eigenvalue weighted by molar-refractivity contribution is 6.05. The summed E-state index contributed by atoms with van der Waals surface area (Å²) in [5.74, 6) is 0.736. The van der Waals surface area contributed by atoms with Crippen LogP contribution < -0.4 is 19.5 Å². The Balaban J connectivity index is 1.67. The molecule has 0 unspecified atom stereocenters. The Morgan fingerprint density at radius 1 is 1.03 bits per heavy atom. The molecule has 0 spiro atoms. The summed E-state index contributed by atoms with van der Waals surface area (Å²) in [6, 6.07) is 8.28. The molecule has 2 heterocycles. The van der Waals surface area contributed by atoms with Crippen molar-refractivity contribution in [1.29, 1.82) is 0 Å². The Labute approximate surface area is 194 Å². The van der Waals surface area contributed by atoms with Crippen LogP contribution in [0.25, 0.3) is 0 Å². The summed E-state index contributed by atoms with van der Waals surface area (Å²) in [7, 11) is 1.58. The van der Waals surface area contributed by atoms with Crippen LogP contribution in [0.15, 0.2) is 36.5 Å². The first-order valence-electron chi connectivity index (χ1n) is 11.2. The minimum atomic E-state index is -0.350. The Hall–Kier alpha value is -3.33. The van der Waals surface area contributed by atoms with Crippen molar-refractivity contribution in [2.45, 2.75) is 26.2 Å². The van der Waals surface area contributed by atoms with Gasteiger partial charge in [0.25, 0.3) is 11.8 Å². The fourth-order valence-corrected chi connectivity index (χ4v) is 3.43. The van der Waals surface area contributed by atoms with Gasteiger partial charge in [-0.05, 0) is 56.5 Å². The van der Waals surface area contributed by atoms with Crippen LogP contribution in [0, 0.1) is 0 Å². The number of methoxy groups -OCH3 is 1. The molecule has 1 aliphatic rings.